The molecule has 0 aliphatic rings. The van der Waals surface area contributed by atoms with Gasteiger partial charge in [0.15, 0.2) is 5.82 Å². The summed E-state index contributed by atoms with van der Waals surface area (Å²) in [5.74, 6) is 0.597. The summed E-state index contributed by atoms with van der Waals surface area (Å²) in [5, 5.41) is 0.403. The zero-order valence-electron chi connectivity index (χ0n) is 12.4. The summed E-state index contributed by atoms with van der Waals surface area (Å²) in [5.41, 5.74) is 2.51. The molecule has 0 bridgehead atoms. The van der Waals surface area contributed by atoms with Gasteiger partial charge in [0, 0.05) is 11.6 Å². The van der Waals surface area contributed by atoms with E-state index in [9.17, 15) is 0 Å². The number of hydrogen-bond donors (Lipinski definition) is 0. The molecule has 0 amide bonds. The van der Waals surface area contributed by atoms with Crippen LogP contribution in [0.3, 0.4) is 0 Å². The molecule has 1 aromatic carbocycles. The molecular weight excluding hydrogens is 280 g/mol. The van der Waals surface area contributed by atoms with Gasteiger partial charge < -0.3 is 0 Å². The Labute approximate surface area is 131 Å². The predicted molar refractivity (Wildman–Crippen MR) is 92.2 cm³/mol. The number of aromatic nitrogens is 2. The third kappa shape index (κ3) is 4.69. The van der Waals surface area contributed by atoms with Crippen molar-refractivity contribution in [2.45, 2.75) is 13.8 Å². The van der Waals surface area contributed by atoms with E-state index >= 15 is 0 Å². The van der Waals surface area contributed by atoms with Gasteiger partial charge in [0.2, 0.25) is 0 Å². The molecule has 0 radical (unpaired) electrons. The van der Waals surface area contributed by atoms with Gasteiger partial charge in [-0.25, -0.2) is 9.97 Å². The second-order valence-electron chi connectivity index (χ2n) is 3.83. The van der Waals surface area contributed by atoms with Gasteiger partial charge in [-0.2, -0.15) is 0 Å². The molecule has 0 aliphatic heterocycles. The van der Waals surface area contributed by atoms with Crippen molar-refractivity contribution < 1.29 is 0 Å². The summed E-state index contributed by atoms with van der Waals surface area (Å²) in [4.78, 5) is 8.76. The number of rotatable bonds is 4. The molecule has 0 atom stereocenters. The fourth-order valence-electron chi connectivity index (χ4n) is 1.67. The lowest BCUT2D eigenvalue weighted by Crippen LogP contribution is -1.95. The third-order valence-corrected chi connectivity index (χ3v) is 2.73. The average molecular weight is 299 g/mol. The minimum atomic E-state index is 0.403. The van der Waals surface area contributed by atoms with Crippen LogP contribution in [0.1, 0.15) is 19.5 Å². The standard InChI is InChI=1S/C16H13ClN2.C2H6/c1-3-8-12(4-2)14-11-15(17)19-16(18-14)13-9-6-5-7-10-13;1-2/h3-11H,1-2H2;1-2H3/b12-8+;. The van der Waals surface area contributed by atoms with Crippen molar-refractivity contribution in [3.63, 3.8) is 0 Å². The van der Waals surface area contributed by atoms with E-state index in [4.69, 9.17) is 11.6 Å². The van der Waals surface area contributed by atoms with Gasteiger partial charge in [-0.15, -0.1) is 0 Å². The molecule has 21 heavy (non-hydrogen) atoms. The highest BCUT2D eigenvalue weighted by molar-refractivity contribution is 6.29. The van der Waals surface area contributed by atoms with Crippen molar-refractivity contribution in [3.05, 3.63) is 78.6 Å². The Hall–Kier alpha value is -2.19. The van der Waals surface area contributed by atoms with Crippen LogP contribution in [0.2, 0.25) is 5.15 Å². The van der Waals surface area contributed by atoms with Gasteiger partial charge in [-0.3, -0.25) is 0 Å². The molecule has 1 heterocycles. The normalized spacial score (nSPS) is 10.3. The topological polar surface area (TPSA) is 25.8 Å². The second kappa shape index (κ2) is 8.88. The van der Waals surface area contributed by atoms with Crippen molar-refractivity contribution in [2.24, 2.45) is 0 Å². The van der Waals surface area contributed by atoms with Crippen LogP contribution >= 0.6 is 11.6 Å². The Morgan fingerprint density at radius 3 is 2.33 bits per heavy atom. The number of benzene rings is 1. The van der Waals surface area contributed by atoms with Gasteiger partial charge in [0.1, 0.15) is 5.15 Å². The van der Waals surface area contributed by atoms with E-state index in [1.807, 2.05) is 50.3 Å². The quantitative estimate of drug-likeness (QED) is 0.544. The minimum absolute atomic E-state index is 0.403. The van der Waals surface area contributed by atoms with Crippen molar-refractivity contribution in [1.82, 2.24) is 9.97 Å². The largest absolute Gasteiger partial charge is 0.228 e. The summed E-state index contributed by atoms with van der Waals surface area (Å²) >= 11 is 6.06. The van der Waals surface area contributed by atoms with Crippen molar-refractivity contribution >= 4 is 17.2 Å². The molecule has 1 aromatic heterocycles. The Morgan fingerprint density at radius 2 is 1.76 bits per heavy atom. The first-order valence-electron chi connectivity index (χ1n) is 6.80. The monoisotopic (exact) mass is 298 g/mol. The molecule has 0 saturated heterocycles. The smallest absolute Gasteiger partial charge is 0.161 e. The summed E-state index contributed by atoms with van der Waals surface area (Å²) in [6.07, 6.45) is 5.24. The van der Waals surface area contributed by atoms with E-state index < -0.39 is 0 Å². The summed E-state index contributed by atoms with van der Waals surface area (Å²) in [6, 6.07) is 11.4. The maximum absolute atomic E-state index is 6.06. The molecule has 0 N–H and O–H groups in total. The molecule has 2 nitrogen and oxygen atoms in total. The number of halogens is 1. The number of hydrogen-bond acceptors (Lipinski definition) is 2. The molecule has 2 aromatic rings. The predicted octanol–water partition coefficient (Wildman–Crippen LogP) is 5.58. The first-order valence-corrected chi connectivity index (χ1v) is 7.18. The Balaban J connectivity index is 0.00000106. The van der Waals surface area contributed by atoms with E-state index in [0.717, 1.165) is 16.8 Å². The Morgan fingerprint density at radius 1 is 1.10 bits per heavy atom. The van der Waals surface area contributed by atoms with Crippen LogP contribution in [0, 0.1) is 0 Å². The van der Waals surface area contributed by atoms with Crippen LogP contribution in [0.25, 0.3) is 17.0 Å². The zero-order chi connectivity index (χ0) is 15.7. The lowest BCUT2D eigenvalue weighted by Gasteiger charge is -2.05. The fraction of sp³-hybridized carbons (Fsp3) is 0.111. The van der Waals surface area contributed by atoms with Crippen molar-refractivity contribution in [2.75, 3.05) is 0 Å². The average Bonchev–Trinajstić information content (AvgIpc) is 2.54. The highest BCUT2D eigenvalue weighted by atomic mass is 35.5. The van der Waals surface area contributed by atoms with Gasteiger partial charge in [0.25, 0.3) is 0 Å². The van der Waals surface area contributed by atoms with E-state index in [1.165, 1.54) is 0 Å². The number of allylic oxidation sites excluding steroid dienone is 4. The summed E-state index contributed by atoms with van der Waals surface area (Å²) < 4.78 is 0. The summed E-state index contributed by atoms with van der Waals surface area (Å²) in [7, 11) is 0. The van der Waals surface area contributed by atoms with Gasteiger partial charge in [-0.05, 0) is 5.57 Å². The van der Waals surface area contributed by atoms with E-state index in [2.05, 4.69) is 23.1 Å². The molecule has 3 heteroatoms. The molecule has 2 rings (SSSR count). The third-order valence-electron chi connectivity index (χ3n) is 2.54. The fourth-order valence-corrected chi connectivity index (χ4v) is 1.85. The Bertz CT molecular complexity index is 631. The van der Waals surface area contributed by atoms with Crippen molar-refractivity contribution in [1.29, 1.82) is 0 Å². The second-order valence-corrected chi connectivity index (χ2v) is 4.21. The molecule has 0 spiro atoms. The molecule has 0 fully saturated rings. The maximum atomic E-state index is 6.06. The lowest BCUT2D eigenvalue weighted by molar-refractivity contribution is 1.15. The van der Waals surface area contributed by atoms with Crippen LogP contribution in [0.4, 0.5) is 0 Å². The molecular formula is C18H19ClN2. The maximum Gasteiger partial charge on any atom is 0.161 e. The van der Waals surface area contributed by atoms with E-state index in [0.29, 0.717) is 11.0 Å². The molecule has 0 aliphatic carbocycles. The van der Waals surface area contributed by atoms with Gasteiger partial charge >= 0.3 is 0 Å². The van der Waals surface area contributed by atoms with Crippen LogP contribution in [-0.4, -0.2) is 9.97 Å². The lowest BCUT2D eigenvalue weighted by atomic mass is 10.1. The minimum Gasteiger partial charge on any atom is -0.228 e. The molecule has 0 saturated carbocycles. The Kier molecular flexibility index (Phi) is 7.13. The van der Waals surface area contributed by atoms with E-state index in [-0.39, 0.29) is 0 Å². The first-order chi connectivity index (χ1) is 10.2. The van der Waals surface area contributed by atoms with Gasteiger partial charge in [-0.1, -0.05) is 87.2 Å². The highest BCUT2D eigenvalue weighted by Crippen LogP contribution is 2.22. The highest BCUT2D eigenvalue weighted by Gasteiger charge is 2.07. The van der Waals surface area contributed by atoms with Crippen LogP contribution in [-0.2, 0) is 0 Å². The summed E-state index contributed by atoms with van der Waals surface area (Å²) in [6.45, 7) is 11.4. The van der Waals surface area contributed by atoms with E-state index in [1.54, 1.807) is 18.2 Å². The van der Waals surface area contributed by atoms with Crippen LogP contribution in [0.15, 0.2) is 67.8 Å². The van der Waals surface area contributed by atoms with Crippen molar-refractivity contribution in [3.8, 4) is 11.4 Å². The SMILES string of the molecule is C=C/C=C(\C=C)c1cc(Cl)nc(-c2ccccc2)n1.CC. The number of nitrogens with zero attached hydrogens (tertiary/aromatic N) is 2. The van der Waals surface area contributed by atoms with Crippen LogP contribution in [0.5, 0.6) is 0 Å². The zero-order valence-corrected chi connectivity index (χ0v) is 13.1. The molecule has 0 unspecified atom stereocenters. The first kappa shape index (κ1) is 16.9. The van der Waals surface area contributed by atoms with Crippen LogP contribution < -0.4 is 0 Å². The van der Waals surface area contributed by atoms with Gasteiger partial charge in [0.05, 0.1) is 5.69 Å². The molecule has 108 valence electrons.